The molecule has 0 bridgehead atoms. The summed E-state index contributed by atoms with van der Waals surface area (Å²) in [5.41, 5.74) is 4.07. The Morgan fingerprint density at radius 3 is 2.67 bits per heavy atom. The SMILES string of the molecule is Cc1ccc2s[c]c(C)c2c1C. The van der Waals surface area contributed by atoms with Crippen molar-refractivity contribution in [3.8, 4) is 0 Å². The van der Waals surface area contributed by atoms with E-state index >= 15 is 0 Å². The van der Waals surface area contributed by atoms with Gasteiger partial charge in [0.1, 0.15) is 0 Å². The number of thiophene rings is 1. The zero-order valence-electron chi connectivity index (χ0n) is 7.56. The molecule has 1 heterocycles. The van der Waals surface area contributed by atoms with Crippen molar-refractivity contribution in [2.24, 2.45) is 0 Å². The van der Waals surface area contributed by atoms with Crippen LogP contribution in [0, 0.1) is 26.2 Å². The van der Waals surface area contributed by atoms with Crippen molar-refractivity contribution >= 4 is 21.4 Å². The summed E-state index contributed by atoms with van der Waals surface area (Å²) in [7, 11) is 0. The number of hydrogen-bond acceptors (Lipinski definition) is 1. The molecule has 12 heavy (non-hydrogen) atoms. The lowest BCUT2D eigenvalue weighted by Crippen LogP contribution is -1.81. The van der Waals surface area contributed by atoms with Crippen LogP contribution in [-0.2, 0) is 0 Å². The summed E-state index contributed by atoms with van der Waals surface area (Å²) in [6, 6.07) is 4.37. The summed E-state index contributed by atoms with van der Waals surface area (Å²) < 4.78 is 1.36. The monoisotopic (exact) mass is 175 g/mol. The van der Waals surface area contributed by atoms with E-state index in [1.54, 1.807) is 11.3 Å². The van der Waals surface area contributed by atoms with Gasteiger partial charge in [-0.15, -0.1) is 11.3 Å². The van der Waals surface area contributed by atoms with Gasteiger partial charge >= 0.3 is 0 Å². The Morgan fingerprint density at radius 1 is 1.17 bits per heavy atom. The topological polar surface area (TPSA) is 0 Å². The predicted molar refractivity (Wildman–Crippen MR) is 54.9 cm³/mol. The van der Waals surface area contributed by atoms with Crippen LogP contribution in [0.15, 0.2) is 12.1 Å². The molecular weight excluding hydrogens is 164 g/mol. The molecule has 61 valence electrons. The number of hydrogen-bond donors (Lipinski definition) is 0. The molecule has 0 spiro atoms. The van der Waals surface area contributed by atoms with Gasteiger partial charge in [-0.2, -0.15) is 0 Å². The van der Waals surface area contributed by atoms with Crippen LogP contribution >= 0.6 is 11.3 Å². The molecule has 0 unspecified atom stereocenters. The lowest BCUT2D eigenvalue weighted by Gasteiger charge is -2.01. The largest absolute Gasteiger partial charge is 0.134 e. The highest BCUT2D eigenvalue weighted by Gasteiger charge is 2.04. The van der Waals surface area contributed by atoms with Crippen molar-refractivity contribution in [3.05, 3.63) is 34.2 Å². The zero-order chi connectivity index (χ0) is 8.72. The predicted octanol–water partition coefficient (Wildman–Crippen LogP) is 3.63. The van der Waals surface area contributed by atoms with Gasteiger partial charge in [0, 0.05) is 10.1 Å². The molecule has 1 heteroatoms. The Labute approximate surface area is 76.8 Å². The second kappa shape index (κ2) is 2.60. The third kappa shape index (κ3) is 0.969. The van der Waals surface area contributed by atoms with E-state index in [0.29, 0.717) is 0 Å². The molecule has 0 atom stereocenters. The Hall–Kier alpha value is -0.820. The van der Waals surface area contributed by atoms with Crippen molar-refractivity contribution in [1.82, 2.24) is 0 Å². The van der Waals surface area contributed by atoms with E-state index in [0.717, 1.165) is 0 Å². The minimum atomic E-state index is 1.29. The fraction of sp³-hybridized carbons (Fsp3) is 0.273. The van der Waals surface area contributed by atoms with E-state index in [4.69, 9.17) is 0 Å². The van der Waals surface area contributed by atoms with Gasteiger partial charge in [0.05, 0.1) is 0 Å². The lowest BCUT2D eigenvalue weighted by molar-refractivity contribution is 1.37. The fourth-order valence-electron chi connectivity index (χ4n) is 1.52. The van der Waals surface area contributed by atoms with Crippen molar-refractivity contribution in [2.45, 2.75) is 20.8 Å². The Balaban J connectivity index is 2.96. The van der Waals surface area contributed by atoms with Crippen LogP contribution in [-0.4, -0.2) is 0 Å². The third-order valence-electron chi connectivity index (χ3n) is 2.39. The minimum Gasteiger partial charge on any atom is -0.134 e. The van der Waals surface area contributed by atoms with Crippen LogP contribution in [0.2, 0.25) is 0 Å². The first-order chi connectivity index (χ1) is 5.70. The van der Waals surface area contributed by atoms with Crippen molar-refractivity contribution in [3.63, 3.8) is 0 Å². The molecule has 0 fully saturated rings. The first kappa shape index (κ1) is 7.81. The maximum Gasteiger partial charge on any atom is 0.0487 e. The van der Waals surface area contributed by atoms with Gasteiger partial charge in [0.2, 0.25) is 0 Å². The van der Waals surface area contributed by atoms with Gasteiger partial charge in [-0.1, -0.05) is 6.07 Å². The molecule has 1 aromatic carbocycles. The van der Waals surface area contributed by atoms with Gasteiger partial charge in [-0.25, -0.2) is 0 Å². The second-order valence-electron chi connectivity index (χ2n) is 3.21. The first-order valence-corrected chi connectivity index (χ1v) is 4.89. The molecule has 2 aromatic rings. The average molecular weight is 175 g/mol. The summed E-state index contributed by atoms with van der Waals surface area (Å²) in [6.45, 7) is 6.47. The van der Waals surface area contributed by atoms with Crippen LogP contribution in [0.3, 0.4) is 0 Å². The summed E-state index contributed by atoms with van der Waals surface area (Å²) >= 11 is 1.71. The Morgan fingerprint density at radius 2 is 1.92 bits per heavy atom. The van der Waals surface area contributed by atoms with Gasteiger partial charge in [0.25, 0.3) is 0 Å². The van der Waals surface area contributed by atoms with Gasteiger partial charge < -0.3 is 0 Å². The standard InChI is InChI=1S/C11H11S/c1-7-4-5-10-11(9(7)3)8(2)6-12-10/h4-5H,1-3H3. The Kier molecular flexibility index (Phi) is 1.69. The molecule has 2 rings (SSSR count). The van der Waals surface area contributed by atoms with Crippen LogP contribution in [0.5, 0.6) is 0 Å². The van der Waals surface area contributed by atoms with Gasteiger partial charge in [-0.3, -0.25) is 0 Å². The lowest BCUT2D eigenvalue weighted by atomic mass is 10.0. The fourth-order valence-corrected chi connectivity index (χ4v) is 2.43. The van der Waals surface area contributed by atoms with Gasteiger partial charge in [-0.05, 0) is 48.9 Å². The number of benzene rings is 1. The number of aryl methyl sites for hydroxylation is 3. The van der Waals surface area contributed by atoms with Crippen LogP contribution in [0.4, 0.5) is 0 Å². The zero-order valence-corrected chi connectivity index (χ0v) is 8.38. The van der Waals surface area contributed by atoms with E-state index in [2.05, 4.69) is 38.3 Å². The van der Waals surface area contributed by atoms with Crippen LogP contribution < -0.4 is 0 Å². The van der Waals surface area contributed by atoms with Crippen LogP contribution in [0.1, 0.15) is 16.7 Å². The molecule has 0 aliphatic rings. The molecule has 1 radical (unpaired) electrons. The normalized spacial score (nSPS) is 10.9. The summed E-state index contributed by atoms with van der Waals surface area (Å²) in [6.07, 6.45) is 0. The van der Waals surface area contributed by atoms with Gasteiger partial charge in [0.15, 0.2) is 0 Å². The quantitative estimate of drug-likeness (QED) is 0.573. The molecular formula is C11H11S. The van der Waals surface area contributed by atoms with Crippen LogP contribution in [0.25, 0.3) is 10.1 Å². The summed E-state index contributed by atoms with van der Waals surface area (Å²) in [4.78, 5) is 0. The average Bonchev–Trinajstić information content (AvgIpc) is 2.41. The molecule has 0 saturated carbocycles. The summed E-state index contributed by atoms with van der Waals surface area (Å²) in [5.74, 6) is 0. The highest BCUT2D eigenvalue weighted by atomic mass is 32.1. The van der Waals surface area contributed by atoms with E-state index < -0.39 is 0 Å². The molecule has 0 amide bonds. The maximum absolute atomic E-state index is 3.29. The Bertz CT molecular complexity index is 424. The van der Waals surface area contributed by atoms with E-state index in [-0.39, 0.29) is 0 Å². The molecule has 0 aliphatic carbocycles. The third-order valence-corrected chi connectivity index (χ3v) is 3.36. The highest BCUT2D eigenvalue weighted by molar-refractivity contribution is 7.16. The highest BCUT2D eigenvalue weighted by Crippen LogP contribution is 2.29. The molecule has 0 N–H and O–H groups in total. The molecule has 0 aliphatic heterocycles. The smallest absolute Gasteiger partial charge is 0.0487 e. The van der Waals surface area contributed by atoms with Crippen molar-refractivity contribution < 1.29 is 0 Å². The second-order valence-corrected chi connectivity index (χ2v) is 4.06. The molecule has 1 aromatic heterocycles. The van der Waals surface area contributed by atoms with Crippen molar-refractivity contribution in [1.29, 1.82) is 0 Å². The van der Waals surface area contributed by atoms with E-state index in [9.17, 15) is 0 Å². The molecule has 0 saturated heterocycles. The minimum absolute atomic E-state index is 1.29. The summed E-state index contributed by atoms with van der Waals surface area (Å²) in [5, 5.41) is 4.69. The van der Waals surface area contributed by atoms with E-state index in [1.807, 2.05) is 0 Å². The van der Waals surface area contributed by atoms with E-state index in [1.165, 1.54) is 26.8 Å². The van der Waals surface area contributed by atoms with Crippen molar-refractivity contribution in [2.75, 3.05) is 0 Å². The first-order valence-electron chi connectivity index (χ1n) is 4.07. The number of fused-ring (bicyclic) bond motifs is 1. The molecule has 0 nitrogen and oxygen atoms in total. The number of rotatable bonds is 0. The maximum atomic E-state index is 3.29.